The topological polar surface area (TPSA) is 93.7 Å². The van der Waals surface area contributed by atoms with Gasteiger partial charge in [-0.2, -0.15) is 0 Å². The highest BCUT2D eigenvalue weighted by Crippen LogP contribution is 2.32. The molecule has 0 aromatic heterocycles. The van der Waals surface area contributed by atoms with E-state index in [1.807, 2.05) is 0 Å². The maximum Gasteiger partial charge on any atom is 0.262 e. The molecule has 1 amide bonds. The molecule has 1 atom stereocenters. The van der Waals surface area contributed by atoms with Crippen LogP contribution in [0.5, 0.6) is 11.5 Å². The van der Waals surface area contributed by atoms with Crippen LogP contribution in [-0.4, -0.2) is 27.5 Å². The highest BCUT2D eigenvalue weighted by Gasteiger charge is 2.20. The predicted octanol–water partition coefficient (Wildman–Crippen LogP) is 4.03. The lowest BCUT2D eigenvalue weighted by atomic mass is 10.1. The lowest BCUT2D eigenvalue weighted by Crippen LogP contribution is -2.27. The summed E-state index contributed by atoms with van der Waals surface area (Å²) in [7, 11) is -3.96. The molecule has 4 rings (SSSR count). The molecule has 172 valence electrons. The third-order valence-corrected chi connectivity index (χ3v) is 6.37. The molecule has 7 nitrogen and oxygen atoms in total. The van der Waals surface area contributed by atoms with Gasteiger partial charge in [-0.05, 0) is 55.0 Å². The molecule has 33 heavy (non-hydrogen) atoms. The Hall–Kier alpha value is -3.66. The lowest BCUT2D eigenvalue weighted by Gasteiger charge is -2.19. The average Bonchev–Trinajstić information content (AvgIpc) is 2.80. The standard InChI is InChI=1S/C23H20F2N2O5S/c1-14(15-5-7-19(24)20(25)12-15)26-23(28)16-3-2-4-17(11-16)27-33(29,30)18-6-8-21-22(13-18)32-10-9-31-21/h2-8,11-14,27H,9-10H2,1H3,(H,26,28). The number of nitrogens with one attached hydrogen (secondary N) is 2. The van der Waals surface area contributed by atoms with Gasteiger partial charge in [-0.1, -0.05) is 12.1 Å². The first kappa shape index (κ1) is 22.5. The second kappa shape index (κ2) is 9.07. The number of sulfonamides is 1. The van der Waals surface area contributed by atoms with Gasteiger partial charge in [0.1, 0.15) is 13.2 Å². The van der Waals surface area contributed by atoms with Crippen molar-refractivity contribution in [2.75, 3.05) is 17.9 Å². The van der Waals surface area contributed by atoms with Crippen LogP contribution in [0, 0.1) is 11.6 Å². The van der Waals surface area contributed by atoms with Crippen molar-refractivity contribution in [3.8, 4) is 11.5 Å². The molecule has 1 heterocycles. The second-order valence-corrected chi connectivity index (χ2v) is 9.04. The molecule has 0 aliphatic carbocycles. The van der Waals surface area contributed by atoms with E-state index >= 15 is 0 Å². The minimum absolute atomic E-state index is 0.0198. The van der Waals surface area contributed by atoms with Crippen molar-refractivity contribution >= 4 is 21.6 Å². The number of rotatable bonds is 6. The maximum atomic E-state index is 13.5. The highest BCUT2D eigenvalue weighted by atomic mass is 32.2. The molecule has 1 aliphatic heterocycles. The Balaban J connectivity index is 1.49. The van der Waals surface area contributed by atoms with Gasteiger partial charge >= 0.3 is 0 Å². The number of halogens is 2. The first-order valence-electron chi connectivity index (χ1n) is 10.0. The average molecular weight is 474 g/mol. The number of carbonyl (C=O) groups is 1. The maximum absolute atomic E-state index is 13.5. The number of hydrogen-bond donors (Lipinski definition) is 2. The van der Waals surface area contributed by atoms with E-state index < -0.39 is 33.6 Å². The van der Waals surface area contributed by atoms with Gasteiger partial charge in [0.25, 0.3) is 15.9 Å². The van der Waals surface area contributed by atoms with Gasteiger partial charge < -0.3 is 14.8 Å². The molecule has 3 aromatic rings. The van der Waals surface area contributed by atoms with E-state index in [0.717, 1.165) is 12.1 Å². The lowest BCUT2D eigenvalue weighted by molar-refractivity contribution is 0.0940. The van der Waals surface area contributed by atoms with Gasteiger partial charge in [0.15, 0.2) is 23.1 Å². The Morgan fingerprint density at radius 2 is 1.70 bits per heavy atom. The Labute approximate surface area is 189 Å². The Kier molecular flexibility index (Phi) is 6.19. The fourth-order valence-corrected chi connectivity index (χ4v) is 4.34. The van der Waals surface area contributed by atoms with Gasteiger partial charge in [0.05, 0.1) is 10.9 Å². The van der Waals surface area contributed by atoms with Crippen molar-refractivity contribution < 1.29 is 31.5 Å². The second-order valence-electron chi connectivity index (χ2n) is 7.36. The summed E-state index contributed by atoms with van der Waals surface area (Å²) in [6.07, 6.45) is 0. The summed E-state index contributed by atoms with van der Waals surface area (Å²) in [4.78, 5) is 12.6. The summed E-state index contributed by atoms with van der Waals surface area (Å²) in [5.41, 5.74) is 0.752. The summed E-state index contributed by atoms with van der Waals surface area (Å²) in [5, 5.41) is 2.68. The van der Waals surface area contributed by atoms with Crippen molar-refractivity contribution in [1.29, 1.82) is 0 Å². The summed E-state index contributed by atoms with van der Waals surface area (Å²) in [5.74, 6) is -1.69. The summed E-state index contributed by atoms with van der Waals surface area (Å²) in [6.45, 7) is 2.34. The molecule has 10 heteroatoms. The van der Waals surface area contributed by atoms with Crippen LogP contribution in [0.3, 0.4) is 0 Å². The van der Waals surface area contributed by atoms with Gasteiger partial charge in [-0.15, -0.1) is 0 Å². The van der Waals surface area contributed by atoms with E-state index in [0.29, 0.717) is 30.3 Å². The molecule has 0 radical (unpaired) electrons. The molecule has 0 spiro atoms. The van der Waals surface area contributed by atoms with E-state index in [9.17, 15) is 22.0 Å². The van der Waals surface area contributed by atoms with Crippen LogP contribution >= 0.6 is 0 Å². The molecule has 0 saturated heterocycles. The quantitative estimate of drug-likeness (QED) is 0.563. The molecule has 0 fully saturated rings. The van der Waals surface area contributed by atoms with E-state index in [2.05, 4.69) is 10.0 Å². The first-order chi connectivity index (χ1) is 15.7. The minimum atomic E-state index is -3.96. The number of fused-ring (bicyclic) bond motifs is 1. The van der Waals surface area contributed by atoms with Crippen LogP contribution < -0.4 is 19.5 Å². The largest absolute Gasteiger partial charge is 0.486 e. The molecular weight excluding hydrogens is 454 g/mol. The van der Waals surface area contributed by atoms with Crippen LogP contribution in [0.2, 0.25) is 0 Å². The summed E-state index contributed by atoms with van der Waals surface area (Å²) in [6, 6.07) is 13.0. The molecule has 2 N–H and O–H groups in total. The van der Waals surface area contributed by atoms with Crippen LogP contribution in [0.25, 0.3) is 0 Å². The minimum Gasteiger partial charge on any atom is -0.486 e. The number of hydrogen-bond acceptors (Lipinski definition) is 5. The molecule has 0 saturated carbocycles. The van der Waals surface area contributed by atoms with Crippen LogP contribution in [0.1, 0.15) is 28.9 Å². The number of ether oxygens (including phenoxy) is 2. The normalized spacial score (nSPS) is 13.8. The third-order valence-electron chi connectivity index (χ3n) is 4.99. The van der Waals surface area contributed by atoms with Crippen LogP contribution in [0.15, 0.2) is 65.6 Å². The van der Waals surface area contributed by atoms with Crippen molar-refractivity contribution in [2.45, 2.75) is 17.9 Å². The third kappa shape index (κ3) is 5.06. The Morgan fingerprint density at radius 1 is 0.939 bits per heavy atom. The Bertz CT molecular complexity index is 1310. The van der Waals surface area contributed by atoms with E-state index in [1.54, 1.807) is 6.92 Å². The molecule has 1 unspecified atom stereocenters. The van der Waals surface area contributed by atoms with E-state index in [1.165, 1.54) is 48.5 Å². The zero-order chi connectivity index (χ0) is 23.6. The smallest absolute Gasteiger partial charge is 0.262 e. The summed E-state index contributed by atoms with van der Waals surface area (Å²) >= 11 is 0. The van der Waals surface area contributed by atoms with E-state index in [4.69, 9.17) is 9.47 Å². The fraction of sp³-hybridized carbons (Fsp3) is 0.174. The van der Waals surface area contributed by atoms with Crippen LogP contribution in [0.4, 0.5) is 14.5 Å². The van der Waals surface area contributed by atoms with Crippen LogP contribution in [-0.2, 0) is 10.0 Å². The van der Waals surface area contributed by atoms with Crippen molar-refractivity contribution in [3.05, 3.63) is 83.4 Å². The SMILES string of the molecule is CC(NC(=O)c1cccc(NS(=O)(=O)c2ccc3c(c2)OCCO3)c1)c1ccc(F)c(F)c1. The number of benzene rings is 3. The molecular formula is C23H20F2N2O5S. The first-order valence-corrected chi connectivity index (χ1v) is 11.5. The molecule has 3 aromatic carbocycles. The van der Waals surface area contributed by atoms with Crippen molar-refractivity contribution in [2.24, 2.45) is 0 Å². The van der Waals surface area contributed by atoms with Gasteiger partial charge in [-0.25, -0.2) is 17.2 Å². The van der Waals surface area contributed by atoms with E-state index in [-0.39, 0.29) is 16.1 Å². The zero-order valence-electron chi connectivity index (χ0n) is 17.5. The summed E-state index contributed by atoms with van der Waals surface area (Å²) < 4.78 is 65.5. The van der Waals surface area contributed by atoms with Gasteiger partial charge in [0.2, 0.25) is 0 Å². The predicted molar refractivity (Wildman–Crippen MR) is 117 cm³/mol. The van der Waals surface area contributed by atoms with Crippen molar-refractivity contribution in [3.63, 3.8) is 0 Å². The fourth-order valence-electron chi connectivity index (χ4n) is 3.27. The monoisotopic (exact) mass is 474 g/mol. The van der Waals surface area contributed by atoms with Gasteiger partial charge in [-0.3, -0.25) is 9.52 Å². The van der Waals surface area contributed by atoms with Gasteiger partial charge in [0, 0.05) is 17.3 Å². The molecule has 1 aliphatic rings. The zero-order valence-corrected chi connectivity index (χ0v) is 18.3. The number of amides is 1. The number of carbonyl (C=O) groups excluding carboxylic acids is 1. The Morgan fingerprint density at radius 3 is 2.45 bits per heavy atom. The molecule has 0 bridgehead atoms. The van der Waals surface area contributed by atoms with Crippen molar-refractivity contribution in [1.82, 2.24) is 5.32 Å². The number of anilines is 1. The highest BCUT2D eigenvalue weighted by molar-refractivity contribution is 7.92.